The lowest BCUT2D eigenvalue weighted by Gasteiger charge is -2.06. The van der Waals surface area contributed by atoms with Crippen LogP contribution in [0.5, 0.6) is 0 Å². The second-order valence-electron chi connectivity index (χ2n) is 3.55. The van der Waals surface area contributed by atoms with Crippen LogP contribution >= 0.6 is 0 Å². The van der Waals surface area contributed by atoms with Crippen molar-refractivity contribution in [3.05, 3.63) is 23.8 Å². The molecule has 2 aromatic rings. The molecule has 0 saturated carbocycles. The number of rotatable bonds is 1. The Labute approximate surface area is 77.2 Å². The van der Waals surface area contributed by atoms with Crippen molar-refractivity contribution in [1.29, 1.82) is 0 Å². The monoisotopic (exact) mass is 175 g/mol. The van der Waals surface area contributed by atoms with Gasteiger partial charge < -0.3 is 4.98 Å². The van der Waals surface area contributed by atoms with Crippen LogP contribution in [-0.2, 0) is 0 Å². The lowest BCUT2D eigenvalue weighted by atomic mass is 10.1. The van der Waals surface area contributed by atoms with E-state index in [9.17, 15) is 0 Å². The summed E-state index contributed by atoms with van der Waals surface area (Å²) in [5.74, 6) is 1.28. The number of nitrogens with one attached hydrogen (secondary N) is 1. The predicted molar refractivity (Wildman–Crippen MR) is 52.7 cm³/mol. The Balaban J connectivity index is 2.77. The minimum Gasteiger partial charge on any atom is -0.358 e. The van der Waals surface area contributed by atoms with Gasteiger partial charge in [-0.2, -0.15) is 0 Å². The van der Waals surface area contributed by atoms with Gasteiger partial charge in [-0.05, 0) is 18.9 Å². The van der Waals surface area contributed by atoms with Crippen LogP contribution in [0.25, 0.3) is 11.0 Å². The first kappa shape index (κ1) is 8.23. The van der Waals surface area contributed by atoms with E-state index in [-0.39, 0.29) is 0 Å². The maximum Gasteiger partial charge on any atom is 0.126 e. The van der Waals surface area contributed by atoms with E-state index in [4.69, 9.17) is 0 Å². The first-order valence-corrected chi connectivity index (χ1v) is 4.50. The largest absolute Gasteiger partial charge is 0.358 e. The Morgan fingerprint density at radius 3 is 2.77 bits per heavy atom. The highest BCUT2D eigenvalue weighted by Crippen LogP contribution is 2.20. The van der Waals surface area contributed by atoms with E-state index >= 15 is 0 Å². The number of aromatic nitrogens is 3. The maximum atomic E-state index is 4.43. The van der Waals surface area contributed by atoms with Gasteiger partial charge in [-0.15, -0.1) is 0 Å². The molecule has 1 N–H and O–H groups in total. The Bertz CT molecular complexity index is 429. The topological polar surface area (TPSA) is 41.6 Å². The molecule has 0 saturated heterocycles. The van der Waals surface area contributed by atoms with Gasteiger partial charge in [0.15, 0.2) is 0 Å². The van der Waals surface area contributed by atoms with Gasteiger partial charge in [-0.1, -0.05) is 13.8 Å². The van der Waals surface area contributed by atoms with Crippen LogP contribution in [0, 0.1) is 6.92 Å². The summed E-state index contributed by atoms with van der Waals surface area (Å²) in [7, 11) is 0. The van der Waals surface area contributed by atoms with Gasteiger partial charge in [-0.25, -0.2) is 9.97 Å². The van der Waals surface area contributed by atoms with E-state index in [1.165, 1.54) is 0 Å². The van der Waals surface area contributed by atoms with E-state index in [1.807, 2.05) is 19.2 Å². The fourth-order valence-electron chi connectivity index (χ4n) is 1.51. The fraction of sp³-hybridized carbons (Fsp3) is 0.400. The quantitative estimate of drug-likeness (QED) is 0.723. The lowest BCUT2D eigenvalue weighted by Crippen LogP contribution is -1.98. The first-order valence-electron chi connectivity index (χ1n) is 4.50. The molecule has 3 heteroatoms. The maximum absolute atomic E-state index is 4.43. The van der Waals surface area contributed by atoms with Crippen LogP contribution in [-0.4, -0.2) is 15.0 Å². The Morgan fingerprint density at radius 1 is 1.31 bits per heavy atom. The van der Waals surface area contributed by atoms with Crippen molar-refractivity contribution < 1.29 is 0 Å². The van der Waals surface area contributed by atoms with Crippen molar-refractivity contribution in [3.63, 3.8) is 0 Å². The van der Waals surface area contributed by atoms with E-state index in [1.54, 1.807) is 0 Å². The average Bonchev–Trinajstić information content (AvgIpc) is 2.49. The van der Waals surface area contributed by atoms with Crippen molar-refractivity contribution in [1.82, 2.24) is 15.0 Å². The molecule has 3 nitrogen and oxygen atoms in total. The van der Waals surface area contributed by atoms with Gasteiger partial charge in [0.25, 0.3) is 0 Å². The zero-order chi connectivity index (χ0) is 9.42. The Hall–Kier alpha value is -1.38. The normalized spacial score (nSPS) is 11.4. The molecule has 2 heterocycles. The standard InChI is InChI=1S/C10H13N3/c1-6(2)9-10-8(4-5-11-10)12-7(3)13-9/h4-6,11H,1-3H3. The lowest BCUT2D eigenvalue weighted by molar-refractivity contribution is 0.815. The number of hydrogen-bond acceptors (Lipinski definition) is 2. The molecular weight excluding hydrogens is 162 g/mol. The summed E-state index contributed by atoms with van der Waals surface area (Å²) in [4.78, 5) is 11.9. The summed E-state index contributed by atoms with van der Waals surface area (Å²) >= 11 is 0. The predicted octanol–water partition coefficient (Wildman–Crippen LogP) is 2.39. The molecule has 0 amide bonds. The zero-order valence-corrected chi connectivity index (χ0v) is 8.13. The smallest absolute Gasteiger partial charge is 0.126 e. The summed E-state index contributed by atoms with van der Waals surface area (Å²) in [6.07, 6.45) is 1.91. The number of H-pyrrole nitrogens is 1. The first-order chi connectivity index (χ1) is 6.18. The number of aromatic amines is 1. The van der Waals surface area contributed by atoms with Crippen molar-refractivity contribution in [2.75, 3.05) is 0 Å². The van der Waals surface area contributed by atoms with Crippen molar-refractivity contribution in [2.45, 2.75) is 26.7 Å². The Morgan fingerprint density at radius 2 is 2.08 bits per heavy atom. The third-order valence-corrected chi connectivity index (χ3v) is 2.09. The third-order valence-electron chi connectivity index (χ3n) is 2.09. The fourth-order valence-corrected chi connectivity index (χ4v) is 1.51. The van der Waals surface area contributed by atoms with Crippen LogP contribution in [0.4, 0.5) is 0 Å². The molecule has 0 atom stereocenters. The van der Waals surface area contributed by atoms with Gasteiger partial charge in [0.2, 0.25) is 0 Å². The van der Waals surface area contributed by atoms with Gasteiger partial charge in [-0.3, -0.25) is 0 Å². The number of hydrogen-bond donors (Lipinski definition) is 1. The summed E-state index contributed by atoms with van der Waals surface area (Å²) in [6.45, 7) is 6.21. The van der Waals surface area contributed by atoms with E-state index < -0.39 is 0 Å². The second-order valence-corrected chi connectivity index (χ2v) is 3.55. The highest BCUT2D eigenvalue weighted by Gasteiger charge is 2.09. The number of aryl methyl sites for hydroxylation is 1. The summed E-state index contributed by atoms with van der Waals surface area (Å²) < 4.78 is 0. The molecule has 0 spiro atoms. The van der Waals surface area contributed by atoms with E-state index in [2.05, 4.69) is 28.8 Å². The molecule has 0 unspecified atom stereocenters. The molecular formula is C10H13N3. The molecule has 2 rings (SSSR count). The zero-order valence-electron chi connectivity index (χ0n) is 8.13. The van der Waals surface area contributed by atoms with E-state index in [0.717, 1.165) is 22.6 Å². The van der Waals surface area contributed by atoms with Crippen molar-refractivity contribution >= 4 is 11.0 Å². The summed E-state index contributed by atoms with van der Waals surface area (Å²) in [6, 6.07) is 1.98. The molecule has 0 aliphatic heterocycles. The highest BCUT2D eigenvalue weighted by atomic mass is 14.9. The van der Waals surface area contributed by atoms with Crippen molar-refractivity contribution in [3.8, 4) is 0 Å². The van der Waals surface area contributed by atoms with Crippen LogP contribution in [0.3, 0.4) is 0 Å². The van der Waals surface area contributed by atoms with Crippen LogP contribution < -0.4 is 0 Å². The number of nitrogens with zero attached hydrogens (tertiary/aromatic N) is 2. The van der Waals surface area contributed by atoms with Crippen LogP contribution in [0.2, 0.25) is 0 Å². The summed E-state index contributed by atoms with van der Waals surface area (Å²) in [5.41, 5.74) is 3.18. The molecule has 0 bridgehead atoms. The minimum absolute atomic E-state index is 0.433. The van der Waals surface area contributed by atoms with Gasteiger partial charge in [0, 0.05) is 6.20 Å². The molecule has 13 heavy (non-hydrogen) atoms. The second kappa shape index (κ2) is 2.83. The van der Waals surface area contributed by atoms with Crippen LogP contribution in [0.15, 0.2) is 12.3 Å². The molecule has 0 aliphatic carbocycles. The van der Waals surface area contributed by atoms with E-state index in [0.29, 0.717) is 5.92 Å². The molecule has 0 aromatic carbocycles. The molecule has 2 aromatic heterocycles. The molecule has 68 valence electrons. The summed E-state index contributed by atoms with van der Waals surface area (Å²) in [5, 5.41) is 0. The third kappa shape index (κ3) is 1.30. The van der Waals surface area contributed by atoms with Gasteiger partial charge in [0.1, 0.15) is 5.82 Å². The SMILES string of the molecule is Cc1nc(C(C)C)c2[nH]ccc2n1. The average molecular weight is 175 g/mol. The van der Waals surface area contributed by atoms with Crippen LogP contribution in [0.1, 0.15) is 31.3 Å². The Kier molecular flexibility index (Phi) is 1.79. The molecule has 0 fully saturated rings. The van der Waals surface area contributed by atoms with Gasteiger partial charge in [0.05, 0.1) is 16.7 Å². The van der Waals surface area contributed by atoms with Gasteiger partial charge >= 0.3 is 0 Å². The molecule has 0 radical (unpaired) electrons. The molecule has 0 aliphatic rings. The highest BCUT2D eigenvalue weighted by molar-refractivity contribution is 5.77. The minimum atomic E-state index is 0.433. The van der Waals surface area contributed by atoms with Crippen molar-refractivity contribution in [2.24, 2.45) is 0 Å². The number of fused-ring (bicyclic) bond motifs is 1.